The van der Waals surface area contributed by atoms with Crippen LogP contribution >= 0.6 is 0 Å². The molecule has 0 radical (unpaired) electrons. The lowest BCUT2D eigenvalue weighted by Crippen LogP contribution is -2.04. The Balaban J connectivity index is 2.59. The molecule has 0 bridgehead atoms. The van der Waals surface area contributed by atoms with Gasteiger partial charge in [-0.3, -0.25) is 0 Å². The first-order valence-electron chi connectivity index (χ1n) is 5.87. The predicted molar refractivity (Wildman–Crippen MR) is 67.4 cm³/mol. The number of nitrogens with zero attached hydrogens (tertiary/aromatic N) is 3. The first-order chi connectivity index (χ1) is 8.63. The van der Waals surface area contributed by atoms with Crippen molar-refractivity contribution in [2.24, 2.45) is 0 Å². The van der Waals surface area contributed by atoms with Crippen molar-refractivity contribution in [3.63, 3.8) is 0 Å². The Morgan fingerprint density at radius 2 is 2.22 bits per heavy atom. The fourth-order valence-electron chi connectivity index (χ4n) is 1.90. The second-order valence-corrected chi connectivity index (χ2v) is 4.18. The molecule has 5 nitrogen and oxygen atoms in total. The molecule has 1 N–H and O–H groups in total. The van der Waals surface area contributed by atoms with E-state index >= 15 is 0 Å². The van der Waals surface area contributed by atoms with E-state index in [2.05, 4.69) is 10.3 Å². The monoisotopic (exact) mass is 245 g/mol. The van der Waals surface area contributed by atoms with Crippen molar-refractivity contribution >= 4 is 5.97 Å². The first-order valence-corrected chi connectivity index (χ1v) is 5.87. The summed E-state index contributed by atoms with van der Waals surface area (Å²) in [5.74, 6) is -1.05. The van der Waals surface area contributed by atoms with Gasteiger partial charge in [0.2, 0.25) is 0 Å². The molecule has 18 heavy (non-hydrogen) atoms. The van der Waals surface area contributed by atoms with Crippen LogP contribution in [0, 0.1) is 6.92 Å². The van der Waals surface area contributed by atoms with Gasteiger partial charge in [-0.1, -0.05) is 35.9 Å². The Labute approximate surface area is 105 Å². The van der Waals surface area contributed by atoms with Crippen LogP contribution in [0.3, 0.4) is 0 Å². The summed E-state index contributed by atoms with van der Waals surface area (Å²) >= 11 is 0. The summed E-state index contributed by atoms with van der Waals surface area (Å²) in [5, 5.41) is 16.8. The number of carbonyl (C=O) groups is 1. The molecule has 94 valence electrons. The number of aromatic carboxylic acids is 1. The van der Waals surface area contributed by atoms with Crippen LogP contribution in [-0.4, -0.2) is 26.1 Å². The molecule has 0 unspecified atom stereocenters. The minimum absolute atomic E-state index is 0.00838. The van der Waals surface area contributed by atoms with E-state index < -0.39 is 5.97 Å². The molecule has 1 aromatic heterocycles. The highest BCUT2D eigenvalue weighted by atomic mass is 16.4. The normalized spacial score (nSPS) is 10.6. The molecule has 2 rings (SSSR count). The third kappa shape index (κ3) is 2.25. The van der Waals surface area contributed by atoms with Crippen LogP contribution in [-0.2, 0) is 6.54 Å². The SMILES string of the molecule is CCCn1nnc(C(=O)O)c1-c1cccc(C)c1. The molecule has 0 aliphatic carbocycles. The Morgan fingerprint density at radius 1 is 1.44 bits per heavy atom. The van der Waals surface area contributed by atoms with Crippen molar-refractivity contribution in [3.8, 4) is 11.3 Å². The third-order valence-corrected chi connectivity index (χ3v) is 2.66. The van der Waals surface area contributed by atoms with Gasteiger partial charge in [-0.25, -0.2) is 9.48 Å². The number of rotatable bonds is 4. The van der Waals surface area contributed by atoms with Crippen molar-refractivity contribution in [2.75, 3.05) is 0 Å². The molecule has 2 aromatic rings. The second kappa shape index (κ2) is 5.00. The van der Waals surface area contributed by atoms with Crippen molar-refractivity contribution in [1.82, 2.24) is 15.0 Å². The van der Waals surface area contributed by atoms with E-state index in [0.29, 0.717) is 12.2 Å². The lowest BCUT2D eigenvalue weighted by molar-refractivity contribution is 0.0691. The molecule has 1 heterocycles. The largest absolute Gasteiger partial charge is 0.476 e. The van der Waals surface area contributed by atoms with Gasteiger partial charge in [0.05, 0.1) is 0 Å². The van der Waals surface area contributed by atoms with Gasteiger partial charge in [0, 0.05) is 12.1 Å². The van der Waals surface area contributed by atoms with E-state index in [1.54, 1.807) is 4.68 Å². The molecule has 1 aromatic carbocycles. The number of carboxylic acid groups (broad SMARTS) is 1. The van der Waals surface area contributed by atoms with Gasteiger partial charge in [0.1, 0.15) is 5.69 Å². The number of benzene rings is 1. The Kier molecular flexibility index (Phi) is 3.41. The molecule has 0 saturated carbocycles. The predicted octanol–water partition coefficient (Wildman–Crippen LogP) is 2.36. The van der Waals surface area contributed by atoms with Gasteiger partial charge < -0.3 is 5.11 Å². The molecular weight excluding hydrogens is 230 g/mol. The molecule has 0 atom stereocenters. The standard InChI is InChI=1S/C13H15N3O2/c1-3-7-16-12(11(13(17)18)14-15-16)10-6-4-5-9(2)8-10/h4-6,8H,3,7H2,1-2H3,(H,17,18). The van der Waals surface area contributed by atoms with Crippen molar-refractivity contribution in [3.05, 3.63) is 35.5 Å². The van der Waals surface area contributed by atoms with Crippen molar-refractivity contribution in [2.45, 2.75) is 26.8 Å². The minimum Gasteiger partial charge on any atom is -0.476 e. The number of aromatic nitrogens is 3. The Bertz CT molecular complexity index is 575. The first kappa shape index (κ1) is 12.3. The maximum Gasteiger partial charge on any atom is 0.358 e. The van der Waals surface area contributed by atoms with E-state index in [4.69, 9.17) is 5.11 Å². The Hall–Kier alpha value is -2.17. The van der Waals surface area contributed by atoms with Crippen molar-refractivity contribution < 1.29 is 9.90 Å². The fraction of sp³-hybridized carbons (Fsp3) is 0.308. The van der Waals surface area contributed by atoms with Crippen LogP contribution in [0.2, 0.25) is 0 Å². The average Bonchev–Trinajstić information content (AvgIpc) is 2.73. The van der Waals surface area contributed by atoms with Crippen molar-refractivity contribution in [1.29, 1.82) is 0 Å². The third-order valence-electron chi connectivity index (χ3n) is 2.66. The van der Waals surface area contributed by atoms with Crippen LogP contribution in [0.25, 0.3) is 11.3 Å². The van der Waals surface area contributed by atoms with Gasteiger partial charge in [0.15, 0.2) is 5.69 Å². The Morgan fingerprint density at radius 3 is 2.83 bits per heavy atom. The van der Waals surface area contributed by atoms with Gasteiger partial charge in [0.25, 0.3) is 0 Å². The number of carboxylic acids is 1. The average molecular weight is 245 g/mol. The summed E-state index contributed by atoms with van der Waals surface area (Å²) in [5.41, 5.74) is 2.50. The van der Waals surface area contributed by atoms with Gasteiger partial charge in [-0.2, -0.15) is 0 Å². The summed E-state index contributed by atoms with van der Waals surface area (Å²) in [6.07, 6.45) is 0.876. The highest BCUT2D eigenvalue weighted by Crippen LogP contribution is 2.23. The zero-order valence-corrected chi connectivity index (χ0v) is 10.4. The van der Waals surface area contributed by atoms with E-state index in [0.717, 1.165) is 17.5 Å². The summed E-state index contributed by atoms with van der Waals surface area (Å²) < 4.78 is 1.65. The maximum atomic E-state index is 11.2. The van der Waals surface area contributed by atoms with E-state index in [1.807, 2.05) is 38.1 Å². The van der Waals surface area contributed by atoms with Crippen LogP contribution < -0.4 is 0 Å². The van der Waals surface area contributed by atoms with E-state index in [-0.39, 0.29) is 5.69 Å². The van der Waals surface area contributed by atoms with Gasteiger partial charge in [-0.05, 0) is 19.4 Å². The number of hydrogen-bond donors (Lipinski definition) is 1. The maximum absolute atomic E-state index is 11.2. The summed E-state index contributed by atoms with van der Waals surface area (Å²) in [4.78, 5) is 11.2. The molecule has 0 spiro atoms. The summed E-state index contributed by atoms with van der Waals surface area (Å²) in [6.45, 7) is 4.64. The van der Waals surface area contributed by atoms with Crippen LogP contribution in [0.4, 0.5) is 0 Å². The highest BCUT2D eigenvalue weighted by Gasteiger charge is 2.20. The quantitative estimate of drug-likeness (QED) is 0.897. The molecule has 0 amide bonds. The van der Waals surface area contributed by atoms with Gasteiger partial charge >= 0.3 is 5.97 Å². The van der Waals surface area contributed by atoms with Crippen LogP contribution in [0.1, 0.15) is 29.4 Å². The zero-order valence-electron chi connectivity index (χ0n) is 10.4. The van der Waals surface area contributed by atoms with E-state index in [1.165, 1.54) is 0 Å². The van der Waals surface area contributed by atoms with Crippen LogP contribution in [0.5, 0.6) is 0 Å². The molecule has 0 aliphatic rings. The second-order valence-electron chi connectivity index (χ2n) is 4.18. The molecule has 5 heteroatoms. The highest BCUT2D eigenvalue weighted by molar-refractivity contribution is 5.92. The zero-order chi connectivity index (χ0) is 13.1. The van der Waals surface area contributed by atoms with Gasteiger partial charge in [-0.15, -0.1) is 5.10 Å². The number of aryl methyl sites for hydroxylation is 2. The molecular formula is C13H15N3O2. The lowest BCUT2D eigenvalue weighted by atomic mass is 10.1. The lowest BCUT2D eigenvalue weighted by Gasteiger charge is -2.06. The fourth-order valence-corrected chi connectivity index (χ4v) is 1.90. The van der Waals surface area contributed by atoms with Crippen LogP contribution in [0.15, 0.2) is 24.3 Å². The molecule has 0 aliphatic heterocycles. The minimum atomic E-state index is -1.05. The molecule has 0 saturated heterocycles. The van der Waals surface area contributed by atoms with E-state index in [9.17, 15) is 4.79 Å². The smallest absolute Gasteiger partial charge is 0.358 e. The number of hydrogen-bond acceptors (Lipinski definition) is 3. The molecule has 0 fully saturated rings. The summed E-state index contributed by atoms with van der Waals surface area (Å²) in [7, 11) is 0. The summed E-state index contributed by atoms with van der Waals surface area (Å²) in [6, 6.07) is 7.69. The topological polar surface area (TPSA) is 68.0 Å².